The van der Waals surface area contributed by atoms with Crippen LogP contribution < -0.4 is 9.47 Å². The van der Waals surface area contributed by atoms with Crippen molar-refractivity contribution in [1.29, 1.82) is 5.26 Å². The summed E-state index contributed by atoms with van der Waals surface area (Å²) in [6.45, 7) is 4.76. The third-order valence-corrected chi connectivity index (χ3v) is 4.48. The predicted molar refractivity (Wildman–Crippen MR) is 111 cm³/mol. The largest absolute Gasteiger partial charge is 0.493 e. The maximum Gasteiger partial charge on any atom is 0.175 e. The summed E-state index contributed by atoms with van der Waals surface area (Å²) < 4.78 is 12.1. The molecule has 0 radical (unpaired) electrons. The molecule has 0 unspecified atom stereocenters. The maximum atomic E-state index is 9.62. The minimum Gasteiger partial charge on any atom is -0.493 e. The van der Waals surface area contributed by atoms with E-state index in [1.54, 1.807) is 13.2 Å². The number of methoxy groups -OCH3 is 1. The van der Waals surface area contributed by atoms with Crippen LogP contribution >= 0.6 is 15.9 Å². The van der Waals surface area contributed by atoms with Crippen LogP contribution in [-0.2, 0) is 0 Å². The summed E-state index contributed by atoms with van der Waals surface area (Å²) >= 11 is 3.54. The van der Waals surface area contributed by atoms with Crippen LogP contribution in [0.5, 0.6) is 11.5 Å². The Balaban J connectivity index is 1.99. The molecular weight excluding hydrogens is 406 g/mol. The number of nitrogens with one attached hydrogen (secondary N) is 1. The van der Waals surface area contributed by atoms with E-state index >= 15 is 0 Å². The Kier molecular flexibility index (Phi) is 5.82. The van der Waals surface area contributed by atoms with Gasteiger partial charge in [-0.05, 0) is 57.8 Å². The van der Waals surface area contributed by atoms with Gasteiger partial charge in [0.1, 0.15) is 11.9 Å². The lowest BCUT2D eigenvalue weighted by Crippen LogP contribution is -2.06. The highest BCUT2D eigenvalue weighted by Gasteiger charge is 2.13. The summed E-state index contributed by atoms with van der Waals surface area (Å²) in [6.07, 6.45) is 1.78. The number of H-pyrrole nitrogens is 1. The fourth-order valence-corrected chi connectivity index (χ4v) is 3.19. The van der Waals surface area contributed by atoms with Crippen molar-refractivity contribution in [1.82, 2.24) is 9.97 Å². The van der Waals surface area contributed by atoms with Gasteiger partial charge in [0.2, 0.25) is 0 Å². The molecule has 0 atom stereocenters. The molecule has 1 aromatic heterocycles. The number of nitriles is 1. The van der Waals surface area contributed by atoms with Gasteiger partial charge in [-0.1, -0.05) is 26.0 Å². The SMILES string of the molecule is COc1cc(/C=C(/C#N)c2nc3ccccc3[nH]2)cc(Br)c1OCC(C)C. The molecule has 2 aromatic carbocycles. The summed E-state index contributed by atoms with van der Waals surface area (Å²) in [6, 6.07) is 13.7. The summed E-state index contributed by atoms with van der Waals surface area (Å²) in [7, 11) is 1.60. The average Bonchev–Trinajstić information content (AvgIpc) is 3.08. The highest BCUT2D eigenvalue weighted by atomic mass is 79.9. The van der Waals surface area contributed by atoms with Gasteiger partial charge in [-0.3, -0.25) is 0 Å². The number of aromatic amines is 1. The number of ether oxygens (including phenoxy) is 2. The molecule has 0 fully saturated rings. The first-order valence-corrected chi connectivity index (χ1v) is 9.38. The minimum atomic E-state index is 0.402. The van der Waals surface area contributed by atoms with Crippen LogP contribution in [0, 0.1) is 17.2 Å². The number of allylic oxidation sites excluding steroid dienone is 1. The number of para-hydroxylation sites is 2. The number of halogens is 1. The molecule has 1 N–H and O–H groups in total. The van der Waals surface area contributed by atoms with Crippen LogP contribution in [0.15, 0.2) is 40.9 Å². The number of imidazole rings is 1. The van der Waals surface area contributed by atoms with Gasteiger partial charge >= 0.3 is 0 Å². The molecule has 0 aliphatic heterocycles. The van der Waals surface area contributed by atoms with Crippen molar-refractivity contribution in [2.45, 2.75) is 13.8 Å². The van der Waals surface area contributed by atoms with Crippen molar-refractivity contribution in [2.24, 2.45) is 5.92 Å². The summed E-state index contributed by atoms with van der Waals surface area (Å²) in [5, 5.41) is 9.62. The monoisotopic (exact) mass is 425 g/mol. The second-order valence-electron chi connectivity index (χ2n) is 6.51. The average molecular weight is 426 g/mol. The van der Waals surface area contributed by atoms with Crippen molar-refractivity contribution in [2.75, 3.05) is 13.7 Å². The third kappa shape index (κ3) is 4.32. The zero-order chi connectivity index (χ0) is 19.4. The van der Waals surface area contributed by atoms with E-state index < -0.39 is 0 Å². The molecule has 0 amide bonds. The maximum absolute atomic E-state index is 9.62. The van der Waals surface area contributed by atoms with Gasteiger partial charge in [0.25, 0.3) is 0 Å². The zero-order valence-corrected chi connectivity index (χ0v) is 17.0. The van der Waals surface area contributed by atoms with Crippen molar-refractivity contribution in [3.63, 3.8) is 0 Å². The molecule has 3 rings (SSSR count). The van der Waals surface area contributed by atoms with Crippen LogP contribution in [0.4, 0.5) is 0 Å². The lowest BCUT2D eigenvalue weighted by molar-refractivity contribution is 0.255. The van der Waals surface area contributed by atoms with E-state index in [2.05, 4.69) is 45.8 Å². The van der Waals surface area contributed by atoms with E-state index in [1.807, 2.05) is 36.4 Å². The second-order valence-corrected chi connectivity index (χ2v) is 7.37. The van der Waals surface area contributed by atoms with Gasteiger partial charge < -0.3 is 14.5 Å². The second kappa shape index (κ2) is 8.28. The Morgan fingerprint density at radius 1 is 1.33 bits per heavy atom. The number of hydrogen-bond donors (Lipinski definition) is 1. The van der Waals surface area contributed by atoms with Crippen LogP contribution in [0.2, 0.25) is 0 Å². The van der Waals surface area contributed by atoms with Crippen LogP contribution in [0.1, 0.15) is 25.2 Å². The highest BCUT2D eigenvalue weighted by molar-refractivity contribution is 9.10. The van der Waals surface area contributed by atoms with E-state index in [4.69, 9.17) is 9.47 Å². The Morgan fingerprint density at radius 2 is 2.11 bits per heavy atom. The molecule has 27 heavy (non-hydrogen) atoms. The molecular formula is C21H20BrN3O2. The molecule has 3 aromatic rings. The van der Waals surface area contributed by atoms with Crippen LogP contribution in [-0.4, -0.2) is 23.7 Å². The first-order valence-electron chi connectivity index (χ1n) is 8.59. The van der Waals surface area contributed by atoms with E-state index in [0.717, 1.165) is 21.1 Å². The number of hydrogen-bond acceptors (Lipinski definition) is 4. The van der Waals surface area contributed by atoms with Crippen LogP contribution in [0.3, 0.4) is 0 Å². The molecule has 5 nitrogen and oxygen atoms in total. The number of aromatic nitrogens is 2. The Hall–Kier alpha value is -2.78. The van der Waals surface area contributed by atoms with E-state index in [9.17, 15) is 5.26 Å². The molecule has 0 spiro atoms. The lowest BCUT2D eigenvalue weighted by atomic mass is 10.1. The fraction of sp³-hybridized carbons (Fsp3) is 0.238. The van der Waals surface area contributed by atoms with Gasteiger partial charge in [0.05, 0.1) is 34.8 Å². The van der Waals surface area contributed by atoms with Gasteiger partial charge in [-0.25, -0.2) is 4.98 Å². The summed E-state index contributed by atoms with van der Waals surface area (Å²) in [5.74, 6) is 2.21. The topological polar surface area (TPSA) is 70.9 Å². The lowest BCUT2D eigenvalue weighted by Gasteiger charge is -2.15. The first-order chi connectivity index (χ1) is 13.0. The van der Waals surface area contributed by atoms with E-state index in [-0.39, 0.29) is 0 Å². The minimum absolute atomic E-state index is 0.402. The zero-order valence-electron chi connectivity index (χ0n) is 15.4. The smallest absolute Gasteiger partial charge is 0.175 e. The summed E-state index contributed by atoms with van der Waals surface area (Å²) in [4.78, 5) is 7.68. The van der Waals surface area contributed by atoms with Crippen molar-refractivity contribution < 1.29 is 9.47 Å². The molecule has 0 aliphatic rings. The van der Waals surface area contributed by atoms with Crippen molar-refractivity contribution in [3.8, 4) is 17.6 Å². The van der Waals surface area contributed by atoms with Gasteiger partial charge in [-0.15, -0.1) is 0 Å². The number of nitrogens with zero attached hydrogens (tertiary/aromatic N) is 2. The predicted octanol–water partition coefficient (Wildman–Crippen LogP) is 5.43. The Labute approximate surface area is 166 Å². The molecule has 0 aliphatic carbocycles. The van der Waals surface area contributed by atoms with E-state index in [0.29, 0.717) is 35.4 Å². The first kappa shape index (κ1) is 19.0. The molecule has 0 saturated carbocycles. The quantitative estimate of drug-likeness (QED) is 0.534. The number of rotatable bonds is 6. The fourth-order valence-electron chi connectivity index (χ4n) is 2.61. The Bertz CT molecular complexity index is 999. The van der Waals surface area contributed by atoms with Gasteiger partial charge in [-0.2, -0.15) is 5.26 Å². The van der Waals surface area contributed by atoms with Crippen LogP contribution in [0.25, 0.3) is 22.7 Å². The number of benzene rings is 2. The van der Waals surface area contributed by atoms with Gasteiger partial charge in [0.15, 0.2) is 11.5 Å². The molecule has 6 heteroatoms. The standard InChI is InChI=1S/C21H20BrN3O2/c1-13(2)12-27-20-16(22)9-14(10-19(20)26-3)8-15(11-23)21-24-17-6-4-5-7-18(17)25-21/h4-10,13H,12H2,1-3H3,(H,24,25)/b15-8-. The van der Waals surface area contributed by atoms with Gasteiger partial charge in [0, 0.05) is 0 Å². The molecule has 138 valence electrons. The molecule has 1 heterocycles. The normalized spacial score (nSPS) is 11.6. The Morgan fingerprint density at radius 3 is 2.78 bits per heavy atom. The molecule has 0 bridgehead atoms. The highest BCUT2D eigenvalue weighted by Crippen LogP contribution is 2.37. The van der Waals surface area contributed by atoms with E-state index in [1.165, 1.54) is 0 Å². The molecule has 0 saturated heterocycles. The number of fused-ring (bicyclic) bond motifs is 1. The summed E-state index contributed by atoms with van der Waals surface area (Å²) in [5.41, 5.74) is 2.97. The van der Waals surface area contributed by atoms with Crippen molar-refractivity contribution >= 4 is 38.6 Å². The third-order valence-electron chi connectivity index (χ3n) is 3.89. The van der Waals surface area contributed by atoms with Crippen molar-refractivity contribution in [3.05, 3.63) is 52.3 Å².